The van der Waals surface area contributed by atoms with Crippen molar-refractivity contribution in [1.29, 1.82) is 0 Å². The first kappa shape index (κ1) is 17.2. The van der Waals surface area contributed by atoms with Crippen molar-refractivity contribution in [3.63, 3.8) is 0 Å². The van der Waals surface area contributed by atoms with E-state index in [1.165, 1.54) is 0 Å². The molecule has 7 nitrogen and oxygen atoms in total. The Labute approximate surface area is 126 Å². The monoisotopic (exact) mass is 294 g/mol. The number of aromatic nitrogens is 2. The molecule has 118 valence electrons. The fourth-order valence-electron chi connectivity index (χ4n) is 2.17. The van der Waals surface area contributed by atoms with Crippen LogP contribution in [-0.2, 0) is 0 Å². The van der Waals surface area contributed by atoms with E-state index in [2.05, 4.69) is 32.1 Å². The molecule has 0 atom stereocenters. The second-order valence-corrected chi connectivity index (χ2v) is 5.33. The smallest absolute Gasteiger partial charge is 0.174 e. The summed E-state index contributed by atoms with van der Waals surface area (Å²) in [5.41, 5.74) is 8.17. The number of oxime groups is 1. The fraction of sp³-hybridized carbons (Fsp3) is 0.643. The Kier molecular flexibility index (Phi) is 6.36. The number of anilines is 1. The summed E-state index contributed by atoms with van der Waals surface area (Å²) in [4.78, 5) is 4.25. The SMILES string of the molecule is CCN(CCCN(C)C)c1nnc(C)c(C)c1C(N)=NO. The molecule has 21 heavy (non-hydrogen) atoms. The third kappa shape index (κ3) is 4.29. The van der Waals surface area contributed by atoms with Crippen molar-refractivity contribution >= 4 is 11.7 Å². The molecule has 7 heteroatoms. The van der Waals surface area contributed by atoms with Crippen molar-refractivity contribution in [3.05, 3.63) is 16.8 Å². The standard InChI is InChI=1S/C14H26N6O/c1-6-20(9-7-8-19(4)5)14-12(13(15)18-21)10(2)11(3)16-17-14/h21H,6-9H2,1-5H3,(H2,15,18). The molecule has 0 radical (unpaired) electrons. The van der Waals surface area contributed by atoms with Crippen LogP contribution in [0.5, 0.6) is 0 Å². The molecule has 0 unspecified atom stereocenters. The zero-order valence-corrected chi connectivity index (χ0v) is 13.6. The van der Waals surface area contributed by atoms with Crippen LogP contribution in [0.25, 0.3) is 0 Å². The van der Waals surface area contributed by atoms with Gasteiger partial charge in [0.05, 0.1) is 11.3 Å². The molecule has 0 saturated carbocycles. The van der Waals surface area contributed by atoms with Crippen LogP contribution < -0.4 is 10.6 Å². The topological polar surface area (TPSA) is 90.9 Å². The second kappa shape index (κ2) is 7.78. The maximum Gasteiger partial charge on any atom is 0.174 e. The van der Waals surface area contributed by atoms with Crippen LogP contribution in [0.3, 0.4) is 0 Å². The van der Waals surface area contributed by atoms with Gasteiger partial charge in [-0.05, 0) is 53.4 Å². The van der Waals surface area contributed by atoms with Crippen LogP contribution >= 0.6 is 0 Å². The van der Waals surface area contributed by atoms with Crippen LogP contribution in [0.1, 0.15) is 30.2 Å². The number of aryl methyl sites for hydroxylation is 1. The molecule has 0 amide bonds. The Morgan fingerprint density at radius 2 is 1.90 bits per heavy atom. The maximum absolute atomic E-state index is 9.02. The zero-order chi connectivity index (χ0) is 16.0. The van der Waals surface area contributed by atoms with Gasteiger partial charge in [0.25, 0.3) is 0 Å². The Balaban J connectivity index is 3.11. The summed E-state index contributed by atoms with van der Waals surface area (Å²) >= 11 is 0. The molecule has 0 saturated heterocycles. The van der Waals surface area contributed by atoms with Gasteiger partial charge in [-0.2, -0.15) is 5.10 Å². The molecular formula is C14H26N6O. The van der Waals surface area contributed by atoms with Crippen LogP contribution in [0.2, 0.25) is 0 Å². The molecule has 0 aliphatic carbocycles. The van der Waals surface area contributed by atoms with Gasteiger partial charge < -0.3 is 20.7 Å². The van der Waals surface area contributed by atoms with Gasteiger partial charge in [-0.15, -0.1) is 5.10 Å². The summed E-state index contributed by atoms with van der Waals surface area (Å²) in [6.07, 6.45) is 1.01. The van der Waals surface area contributed by atoms with Gasteiger partial charge in [-0.1, -0.05) is 5.16 Å². The molecule has 0 aliphatic rings. The van der Waals surface area contributed by atoms with E-state index in [0.717, 1.165) is 37.3 Å². The predicted molar refractivity (Wildman–Crippen MR) is 85.1 cm³/mol. The van der Waals surface area contributed by atoms with E-state index in [4.69, 9.17) is 10.9 Å². The van der Waals surface area contributed by atoms with Crippen molar-refractivity contribution in [3.8, 4) is 0 Å². The highest BCUT2D eigenvalue weighted by atomic mass is 16.4. The van der Waals surface area contributed by atoms with Crippen LogP contribution in [0, 0.1) is 13.8 Å². The summed E-state index contributed by atoms with van der Waals surface area (Å²) in [7, 11) is 4.10. The molecule has 1 aromatic heterocycles. The van der Waals surface area contributed by atoms with Gasteiger partial charge in [-0.3, -0.25) is 0 Å². The van der Waals surface area contributed by atoms with Gasteiger partial charge in [-0.25, -0.2) is 0 Å². The summed E-state index contributed by atoms with van der Waals surface area (Å²) in [6.45, 7) is 8.46. The van der Waals surface area contributed by atoms with Gasteiger partial charge >= 0.3 is 0 Å². The highest BCUT2D eigenvalue weighted by Crippen LogP contribution is 2.22. The van der Waals surface area contributed by atoms with E-state index in [9.17, 15) is 0 Å². The normalized spacial score (nSPS) is 12.0. The molecule has 1 heterocycles. The number of nitrogens with two attached hydrogens (primary N) is 1. The third-order valence-electron chi connectivity index (χ3n) is 3.51. The Morgan fingerprint density at radius 3 is 2.43 bits per heavy atom. The summed E-state index contributed by atoms with van der Waals surface area (Å²) in [5.74, 6) is 0.751. The fourth-order valence-corrected chi connectivity index (χ4v) is 2.17. The summed E-state index contributed by atoms with van der Waals surface area (Å²) in [5, 5.41) is 20.6. The van der Waals surface area contributed by atoms with Crippen LogP contribution in [0.15, 0.2) is 5.16 Å². The van der Waals surface area contributed by atoms with Crippen molar-refractivity contribution in [2.75, 3.05) is 38.6 Å². The minimum absolute atomic E-state index is 0.0755. The minimum Gasteiger partial charge on any atom is -0.409 e. The second-order valence-electron chi connectivity index (χ2n) is 5.33. The Hall–Kier alpha value is -1.89. The van der Waals surface area contributed by atoms with E-state index < -0.39 is 0 Å². The quantitative estimate of drug-likeness (QED) is 0.337. The van der Waals surface area contributed by atoms with Gasteiger partial charge in [0.15, 0.2) is 11.7 Å². The van der Waals surface area contributed by atoms with Gasteiger partial charge in [0.2, 0.25) is 0 Å². The lowest BCUT2D eigenvalue weighted by atomic mass is 10.1. The van der Waals surface area contributed by atoms with Gasteiger partial charge in [0.1, 0.15) is 0 Å². The maximum atomic E-state index is 9.02. The first-order chi connectivity index (χ1) is 9.92. The molecule has 0 aromatic carbocycles. The van der Waals surface area contributed by atoms with Crippen LogP contribution in [-0.4, -0.2) is 59.9 Å². The predicted octanol–water partition coefficient (Wildman–Crippen LogP) is 0.966. The summed E-state index contributed by atoms with van der Waals surface area (Å²) in [6, 6.07) is 0. The molecule has 0 fully saturated rings. The molecule has 0 aliphatic heterocycles. The van der Waals surface area contributed by atoms with E-state index >= 15 is 0 Å². The lowest BCUT2D eigenvalue weighted by molar-refractivity contribution is 0.318. The highest BCUT2D eigenvalue weighted by Gasteiger charge is 2.19. The molecule has 0 bridgehead atoms. The van der Waals surface area contributed by atoms with Crippen molar-refractivity contribution in [2.45, 2.75) is 27.2 Å². The Bertz CT molecular complexity index is 500. The highest BCUT2D eigenvalue weighted by molar-refractivity contribution is 6.02. The van der Waals surface area contributed by atoms with E-state index in [1.54, 1.807) is 0 Å². The summed E-state index contributed by atoms with van der Waals surface area (Å²) < 4.78 is 0. The van der Waals surface area contributed by atoms with E-state index in [0.29, 0.717) is 11.4 Å². The first-order valence-corrected chi connectivity index (χ1v) is 7.13. The minimum atomic E-state index is 0.0755. The third-order valence-corrected chi connectivity index (χ3v) is 3.51. The van der Waals surface area contributed by atoms with Crippen molar-refractivity contribution < 1.29 is 5.21 Å². The van der Waals surface area contributed by atoms with Crippen LogP contribution in [0.4, 0.5) is 5.82 Å². The zero-order valence-electron chi connectivity index (χ0n) is 13.6. The molecule has 0 spiro atoms. The number of hydrogen-bond acceptors (Lipinski definition) is 6. The molecular weight excluding hydrogens is 268 g/mol. The molecule has 1 rings (SSSR count). The average Bonchev–Trinajstić information content (AvgIpc) is 2.45. The lowest BCUT2D eigenvalue weighted by Crippen LogP contribution is -2.31. The van der Waals surface area contributed by atoms with Gasteiger partial charge in [0, 0.05) is 13.1 Å². The first-order valence-electron chi connectivity index (χ1n) is 7.13. The average molecular weight is 294 g/mol. The largest absolute Gasteiger partial charge is 0.409 e. The Morgan fingerprint density at radius 1 is 1.24 bits per heavy atom. The lowest BCUT2D eigenvalue weighted by Gasteiger charge is -2.25. The van der Waals surface area contributed by atoms with Crippen molar-refractivity contribution in [1.82, 2.24) is 15.1 Å². The van der Waals surface area contributed by atoms with E-state index in [-0.39, 0.29) is 5.84 Å². The van der Waals surface area contributed by atoms with E-state index in [1.807, 2.05) is 27.9 Å². The van der Waals surface area contributed by atoms with Crippen molar-refractivity contribution in [2.24, 2.45) is 10.9 Å². The molecule has 1 aromatic rings. The number of rotatable bonds is 7. The number of amidine groups is 1. The number of hydrogen-bond donors (Lipinski definition) is 2. The number of nitrogens with zero attached hydrogens (tertiary/aromatic N) is 5. The molecule has 3 N–H and O–H groups in total.